The van der Waals surface area contributed by atoms with Gasteiger partial charge in [0.25, 0.3) is 11.6 Å². The van der Waals surface area contributed by atoms with Crippen molar-refractivity contribution >= 4 is 22.8 Å². The molecule has 0 aliphatic heterocycles. The molecule has 8 nitrogen and oxygen atoms in total. The molecule has 4 aromatic rings. The number of hydrogen-bond acceptors (Lipinski definition) is 6. The lowest BCUT2D eigenvalue weighted by Crippen LogP contribution is -2.16. The van der Waals surface area contributed by atoms with Gasteiger partial charge >= 0.3 is 0 Å². The van der Waals surface area contributed by atoms with E-state index in [1.54, 1.807) is 29.9 Å². The fraction of sp³-hybridized carbons (Fsp3) is 0.333. The van der Waals surface area contributed by atoms with Crippen molar-refractivity contribution in [3.05, 3.63) is 47.2 Å². The van der Waals surface area contributed by atoms with Gasteiger partial charge in [0.05, 0.1) is 28.5 Å². The first-order valence-electron chi connectivity index (χ1n) is 9.65. The van der Waals surface area contributed by atoms with Crippen LogP contribution in [0.4, 0.5) is 5.82 Å². The van der Waals surface area contributed by atoms with Crippen LogP contribution in [0, 0.1) is 20.8 Å². The van der Waals surface area contributed by atoms with Crippen molar-refractivity contribution in [1.29, 1.82) is 0 Å². The fourth-order valence-electron chi connectivity index (χ4n) is 3.41. The average Bonchev–Trinajstić information content (AvgIpc) is 3.38. The molecule has 0 fully saturated rings. The van der Waals surface area contributed by atoms with Crippen molar-refractivity contribution in [3.8, 4) is 11.3 Å². The van der Waals surface area contributed by atoms with Crippen molar-refractivity contribution in [2.75, 3.05) is 5.32 Å². The van der Waals surface area contributed by atoms with Crippen molar-refractivity contribution < 1.29 is 13.7 Å². The molecular formula is C21H23N5O3. The van der Waals surface area contributed by atoms with E-state index in [2.05, 4.69) is 27.5 Å². The smallest absolute Gasteiger partial charge is 0.259 e. The van der Waals surface area contributed by atoms with Gasteiger partial charge in [0, 0.05) is 18.2 Å². The number of nitrogens with zero attached hydrogens (tertiary/aromatic N) is 4. The highest BCUT2D eigenvalue weighted by molar-refractivity contribution is 6.12. The fourth-order valence-corrected chi connectivity index (χ4v) is 3.41. The van der Waals surface area contributed by atoms with E-state index in [0.717, 1.165) is 36.5 Å². The zero-order valence-corrected chi connectivity index (χ0v) is 16.9. The van der Waals surface area contributed by atoms with Crippen molar-refractivity contribution in [3.63, 3.8) is 0 Å². The second-order valence-electron chi connectivity index (χ2n) is 7.08. The molecule has 0 aliphatic carbocycles. The van der Waals surface area contributed by atoms with Crippen molar-refractivity contribution in [2.24, 2.45) is 0 Å². The lowest BCUT2D eigenvalue weighted by Gasteiger charge is -2.10. The highest BCUT2D eigenvalue weighted by Gasteiger charge is 2.21. The summed E-state index contributed by atoms with van der Waals surface area (Å²) in [6.45, 7) is 8.40. The van der Waals surface area contributed by atoms with E-state index in [4.69, 9.17) is 8.94 Å². The summed E-state index contributed by atoms with van der Waals surface area (Å²) >= 11 is 0. The highest BCUT2D eigenvalue weighted by atomic mass is 16.5. The molecule has 4 heterocycles. The minimum Gasteiger partial charge on any atom is -0.466 e. The quantitative estimate of drug-likeness (QED) is 0.512. The van der Waals surface area contributed by atoms with E-state index >= 15 is 0 Å². The number of furan rings is 1. The third-order valence-corrected chi connectivity index (χ3v) is 4.86. The Kier molecular flexibility index (Phi) is 4.92. The van der Waals surface area contributed by atoms with E-state index in [1.807, 2.05) is 19.9 Å². The maximum absolute atomic E-state index is 13.2. The van der Waals surface area contributed by atoms with Crippen LogP contribution in [0.3, 0.4) is 0 Å². The zero-order chi connectivity index (χ0) is 20.5. The first-order chi connectivity index (χ1) is 14.0. The number of carbonyl (C=O) groups is 1. The standard InChI is InChI=1S/C21H23N5O3/c1-5-6-9-26-18(7-8-22-26)24-20(27)16-11-17(15-10-12(2)28-14(15)4)23-21-19(16)13(3)25-29-21/h7-8,10-11H,5-6,9H2,1-4H3,(H,24,27). The summed E-state index contributed by atoms with van der Waals surface area (Å²) in [5.41, 5.74) is 2.81. The van der Waals surface area contributed by atoms with Gasteiger partial charge in [-0.25, -0.2) is 9.67 Å². The van der Waals surface area contributed by atoms with Crippen molar-refractivity contribution in [2.45, 2.75) is 47.1 Å². The van der Waals surface area contributed by atoms with E-state index in [9.17, 15) is 4.79 Å². The Hall–Kier alpha value is -3.42. The number of nitrogens with one attached hydrogen (secondary N) is 1. The summed E-state index contributed by atoms with van der Waals surface area (Å²) in [6.07, 6.45) is 3.71. The van der Waals surface area contributed by atoms with Gasteiger partial charge < -0.3 is 14.3 Å². The number of rotatable bonds is 6. The average molecular weight is 393 g/mol. The monoisotopic (exact) mass is 393 g/mol. The number of aromatic nitrogens is 4. The molecule has 0 radical (unpaired) electrons. The molecule has 0 saturated heterocycles. The Labute approximate surface area is 167 Å². The highest BCUT2D eigenvalue weighted by Crippen LogP contribution is 2.30. The maximum atomic E-state index is 13.2. The Balaban J connectivity index is 1.76. The van der Waals surface area contributed by atoms with Crippen LogP contribution >= 0.6 is 0 Å². The van der Waals surface area contributed by atoms with E-state index in [1.165, 1.54) is 0 Å². The van der Waals surface area contributed by atoms with Gasteiger partial charge in [-0.3, -0.25) is 4.79 Å². The van der Waals surface area contributed by atoms with Gasteiger partial charge in [0.15, 0.2) is 0 Å². The Morgan fingerprint density at radius 1 is 1.24 bits per heavy atom. The molecular weight excluding hydrogens is 370 g/mol. The predicted molar refractivity (Wildman–Crippen MR) is 109 cm³/mol. The molecule has 1 amide bonds. The van der Waals surface area contributed by atoms with Crippen molar-refractivity contribution in [1.82, 2.24) is 19.9 Å². The normalized spacial score (nSPS) is 11.3. The molecule has 8 heteroatoms. The van der Waals surface area contributed by atoms with Gasteiger partial charge in [-0.2, -0.15) is 5.10 Å². The van der Waals surface area contributed by atoms with Crippen LogP contribution in [-0.4, -0.2) is 25.8 Å². The zero-order valence-electron chi connectivity index (χ0n) is 16.9. The van der Waals surface area contributed by atoms with Gasteiger partial charge in [0.2, 0.25) is 0 Å². The summed E-state index contributed by atoms with van der Waals surface area (Å²) in [4.78, 5) is 17.8. The van der Waals surface area contributed by atoms with Gasteiger partial charge in [-0.1, -0.05) is 18.5 Å². The second-order valence-corrected chi connectivity index (χ2v) is 7.08. The SMILES string of the molecule is CCCCn1nccc1NC(=O)c1cc(-c2cc(C)oc2C)nc2onc(C)c12. The molecule has 4 aromatic heterocycles. The second kappa shape index (κ2) is 7.54. The molecule has 0 aromatic carbocycles. The molecule has 0 bridgehead atoms. The first-order valence-corrected chi connectivity index (χ1v) is 9.65. The number of anilines is 1. The van der Waals surface area contributed by atoms with Crippen LogP contribution in [0.15, 0.2) is 33.3 Å². The van der Waals surface area contributed by atoms with E-state index in [-0.39, 0.29) is 5.91 Å². The molecule has 1 N–H and O–H groups in total. The lowest BCUT2D eigenvalue weighted by atomic mass is 10.1. The van der Waals surface area contributed by atoms with Crippen LogP contribution in [0.5, 0.6) is 0 Å². The van der Waals surface area contributed by atoms with Gasteiger partial charge in [0.1, 0.15) is 17.3 Å². The molecule has 150 valence electrons. The number of carbonyl (C=O) groups excluding carboxylic acids is 1. The van der Waals surface area contributed by atoms with Crippen LogP contribution in [-0.2, 0) is 6.54 Å². The number of aryl methyl sites for hydroxylation is 4. The number of amides is 1. The lowest BCUT2D eigenvalue weighted by molar-refractivity contribution is 0.102. The molecule has 0 unspecified atom stereocenters. The molecule has 0 spiro atoms. The molecule has 0 saturated carbocycles. The first kappa shape index (κ1) is 18.9. The molecule has 29 heavy (non-hydrogen) atoms. The summed E-state index contributed by atoms with van der Waals surface area (Å²) in [5, 5.41) is 11.9. The van der Waals surface area contributed by atoms with Gasteiger partial charge in [-0.05, 0) is 39.3 Å². The Morgan fingerprint density at radius 3 is 2.79 bits per heavy atom. The minimum atomic E-state index is -0.263. The van der Waals surface area contributed by atoms with Crippen LogP contribution < -0.4 is 5.32 Å². The topological polar surface area (TPSA) is 99.0 Å². The summed E-state index contributed by atoms with van der Waals surface area (Å²) in [5.74, 6) is 1.90. The van der Waals surface area contributed by atoms with E-state index in [0.29, 0.717) is 33.9 Å². The van der Waals surface area contributed by atoms with Crippen LogP contribution in [0.25, 0.3) is 22.4 Å². The predicted octanol–water partition coefficient (Wildman–Crippen LogP) is 4.66. The van der Waals surface area contributed by atoms with Gasteiger partial charge in [-0.15, -0.1) is 0 Å². The molecule has 4 rings (SSSR count). The largest absolute Gasteiger partial charge is 0.466 e. The third kappa shape index (κ3) is 3.53. The summed E-state index contributed by atoms with van der Waals surface area (Å²) in [7, 11) is 0. The maximum Gasteiger partial charge on any atom is 0.259 e. The van der Waals surface area contributed by atoms with E-state index < -0.39 is 0 Å². The Bertz CT molecular complexity index is 1180. The number of unbranched alkanes of at least 4 members (excludes halogenated alkanes) is 1. The van der Waals surface area contributed by atoms with Crippen LogP contribution in [0.2, 0.25) is 0 Å². The molecule has 0 aliphatic rings. The third-order valence-electron chi connectivity index (χ3n) is 4.86. The summed E-state index contributed by atoms with van der Waals surface area (Å²) in [6, 6.07) is 5.44. The number of fused-ring (bicyclic) bond motifs is 1. The number of pyridine rings is 1. The Morgan fingerprint density at radius 2 is 2.07 bits per heavy atom. The summed E-state index contributed by atoms with van der Waals surface area (Å²) < 4.78 is 12.8. The number of hydrogen-bond donors (Lipinski definition) is 1. The van der Waals surface area contributed by atoms with Crippen LogP contribution in [0.1, 0.15) is 47.3 Å². The molecule has 0 atom stereocenters. The minimum absolute atomic E-state index is 0.263.